The Hall–Kier alpha value is -4.46. The molecular weight excluding hydrogens is 833 g/mol. The Bertz CT molecular complexity index is 2030. The van der Waals surface area contributed by atoms with Gasteiger partial charge in [0.05, 0.1) is 37.3 Å². The molecule has 0 radical (unpaired) electrons. The molecule has 4 N–H and O–H groups in total. The second kappa shape index (κ2) is 23.5. The fraction of sp³-hybridized carbons (Fsp3) is 0.660. The highest BCUT2D eigenvalue weighted by Crippen LogP contribution is 2.58. The topological polar surface area (TPSA) is 161 Å². The summed E-state index contributed by atoms with van der Waals surface area (Å²) in [4.78, 5) is 51.2. The van der Waals surface area contributed by atoms with Crippen molar-refractivity contribution in [1.82, 2.24) is 24.9 Å². The number of methoxy groups -OCH3 is 2. The number of hydrogen-bond acceptors (Lipinski definition) is 9. The SMILES string of the molecule is CCCCCCCCCC(ON)C(C)CCCN(C)CCCN(C)C(=O)c1ccc(-n2nc(C(=O)NC3(C(=O)O)C4CC5CC(C4)CC3C5)cc2-c2c(OC)cccc2OC)c(C(C)C)c1. The Morgan fingerprint density at radius 1 is 0.833 bits per heavy atom. The second-order valence-electron chi connectivity index (χ2n) is 20.3. The average Bonchev–Trinajstić information content (AvgIpc) is 3.75. The number of ether oxygens (including phenoxy) is 2. The number of carbonyl (C=O) groups is 3. The van der Waals surface area contributed by atoms with Gasteiger partial charge < -0.3 is 34.5 Å². The number of nitrogens with zero attached hydrogens (tertiary/aromatic N) is 4. The zero-order valence-electron chi connectivity index (χ0n) is 41.3. The minimum Gasteiger partial charge on any atom is -0.496 e. The lowest BCUT2D eigenvalue weighted by atomic mass is 9.48. The van der Waals surface area contributed by atoms with Gasteiger partial charge in [-0.2, -0.15) is 5.10 Å². The fourth-order valence-electron chi connectivity index (χ4n) is 11.8. The Morgan fingerprint density at radius 3 is 2.05 bits per heavy atom. The van der Waals surface area contributed by atoms with Crippen molar-refractivity contribution in [3.05, 3.63) is 59.3 Å². The van der Waals surface area contributed by atoms with Crippen molar-refractivity contribution in [3.63, 3.8) is 0 Å². The maximum Gasteiger partial charge on any atom is 0.330 e. The molecule has 1 aromatic heterocycles. The van der Waals surface area contributed by atoms with Crippen molar-refractivity contribution in [1.29, 1.82) is 0 Å². The van der Waals surface area contributed by atoms with Gasteiger partial charge in [0.25, 0.3) is 11.8 Å². The van der Waals surface area contributed by atoms with E-state index in [2.05, 4.69) is 45.0 Å². The zero-order chi connectivity index (χ0) is 47.5. The number of nitrogens with two attached hydrogens (primary N) is 1. The van der Waals surface area contributed by atoms with Gasteiger partial charge in [-0.3, -0.25) is 9.59 Å². The third kappa shape index (κ3) is 11.6. The lowest BCUT2D eigenvalue weighted by molar-refractivity contribution is -0.163. The van der Waals surface area contributed by atoms with E-state index in [1.165, 1.54) is 38.5 Å². The summed E-state index contributed by atoms with van der Waals surface area (Å²) in [5, 5.41) is 18.9. The van der Waals surface area contributed by atoms with Gasteiger partial charge in [-0.1, -0.05) is 78.7 Å². The largest absolute Gasteiger partial charge is 0.496 e. The van der Waals surface area contributed by atoms with Gasteiger partial charge in [0.1, 0.15) is 17.0 Å². The monoisotopic (exact) mass is 913 g/mol. The standard InChI is InChI=1S/C53H80N6O7/c1-9-10-11-12-13-14-15-20-46(66-54)36(4)19-17-25-57(5)26-18-27-58(6)51(61)39-23-24-44(42(33-39)35(2)3)59-45(49-47(64-7)21-16-22-48(49)65-8)34-43(56-59)50(60)55-53(52(62)63)40-29-37-28-38(31-40)32-41(53)30-37/h16,21-24,33-38,40-41,46H,9-15,17-20,25-32,54H2,1-8H3,(H,55,60)(H,62,63). The van der Waals surface area contributed by atoms with Crippen LogP contribution in [0.25, 0.3) is 16.9 Å². The minimum absolute atomic E-state index is 0.0290. The number of aromatic nitrogens is 2. The number of hydrogen-bond donors (Lipinski definition) is 3. The number of nitrogens with one attached hydrogen (secondary N) is 1. The molecule has 364 valence electrons. The molecule has 2 amide bonds. The van der Waals surface area contributed by atoms with Gasteiger partial charge in [0.2, 0.25) is 0 Å². The van der Waals surface area contributed by atoms with Crippen molar-refractivity contribution >= 4 is 17.8 Å². The number of benzene rings is 2. The lowest BCUT2D eigenvalue weighted by Crippen LogP contribution is -2.70. The maximum atomic E-state index is 14.5. The molecule has 2 aromatic carbocycles. The highest BCUT2D eigenvalue weighted by atomic mass is 16.6. The predicted molar refractivity (Wildman–Crippen MR) is 260 cm³/mol. The molecule has 13 heteroatoms. The quantitative estimate of drug-likeness (QED) is 0.0496. The molecule has 4 aliphatic carbocycles. The van der Waals surface area contributed by atoms with Crippen LogP contribution in [0, 0.1) is 29.6 Å². The molecule has 0 spiro atoms. The Labute approximate surface area is 394 Å². The summed E-state index contributed by atoms with van der Waals surface area (Å²) in [7, 11) is 7.15. The molecular formula is C53H80N6O7. The summed E-state index contributed by atoms with van der Waals surface area (Å²) in [6.45, 7) is 11.1. The summed E-state index contributed by atoms with van der Waals surface area (Å²) in [5.41, 5.74) is 2.00. The van der Waals surface area contributed by atoms with E-state index in [0.717, 1.165) is 82.9 Å². The first-order valence-electron chi connectivity index (χ1n) is 25.1. The Morgan fingerprint density at radius 2 is 1.45 bits per heavy atom. The number of amides is 2. The average molecular weight is 913 g/mol. The van der Waals surface area contributed by atoms with Gasteiger partial charge in [-0.25, -0.2) is 15.4 Å². The lowest BCUT2D eigenvalue weighted by Gasteiger charge is -2.59. The van der Waals surface area contributed by atoms with Crippen LogP contribution in [0.5, 0.6) is 11.5 Å². The third-order valence-electron chi connectivity index (χ3n) is 15.3. The molecule has 3 aromatic rings. The fourth-order valence-corrected chi connectivity index (χ4v) is 11.8. The maximum absolute atomic E-state index is 14.5. The number of rotatable bonds is 27. The van der Waals surface area contributed by atoms with E-state index in [1.807, 2.05) is 43.4 Å². The number of carboxylic acids is 1. The van der Waals surface area contributed by atoms with E-state index in [9.17, 15) is 19.5 Å². The van der Waals surface area contributed by atoms with Gasteiger partial charge in [-0.15, -0.1) is 0 Å². The first-order chi connectivity index (χ1) is 31.8. The summed E-state index contributed by atoms with van der Waals surface area (Å²) >= 11 is 0. The molecule has 4 fully saturated rings. The molecule has 4 bridgehead atoms. The molecule has 7 rings (SSSR count). The van der Waals surface area contributed by atoms with Crippen molar-refractivity contribution < 1.29 is 33.8 Å². The van der Waals surface area contributed by atoms with Crippen molar-refractivity contribution in [2.75, 3.05) is 47.9 Å². The van der Waals surface area contributed by atoms with Crippen LogP contribution in [0.2, 0.25) is 0 Å². The molecule has 0 saturated heterocycles. The zero-order valence-corrected chi connectivity index (χ0v) is 41.3. The van der Waals surface area contributed by atoms with Gasteiger partial charge in [-0.05, 0) is 155 Å². The van der Waals surface area contributed by atoms with Crippen molar-refractivity contribution in [2.45, 2.75) is 148 Å². The molecule has 0 aliphatic heterocycles. The molecule has 2 unspecified atom stereocenters. The van der Waals surface area contributed by atoms with Crippen molar-refractivity contribution in [3.8, 4) is 28.4 Å². The number of carbonyl (C=O) groups excluding carboxylic acids is 2. The molecule has 2 atom stereocenters. The van der Waals surface area contributed by atoms with E-state index < -0.39 is 17.4 Å². The first-order valence-corrected chi connectivity index (χ1v) is 25.1. The van der Waals surface area contributed by atoms with Crippen LogP contribution in [0.1, 0.15) is 163 Å². The molecule has 1 heterocycles. The Balaban J connectivity index is 1.13. The van der Waals surface area contributed by atoms with Crippen LogP contribution in [0.15, 0.2) is 42.5 Å². The van der Waals surface area contributed by atoms with E-state index in [-0.39, 0.29) is 35.5 Å². The smallest absolute Gasteiger partial charge is 0.330 e. The highest BCUT2D eigenvalue weighted by Gasteiger charge is 2.62. The predicted octanol–water partition coefficient (Wildman–Crippen LogP) is 9.90. The molecule has 4 aliphatic rings. The van der Waals surface area contributed by atoms with Crippen LogP contribution < -0.4 is 20.7 Å². The minimum atomic E-state index is -1.33. The van der Waals surface area contributed by atoms with Crippen LogP contribution in [-0.4, -0.2) is 102 Å². The number of aliphatic carboxylic acids is 1. The van der Waals surface area contributed by atoms with E-state index >= 15 is 0 Å². The highest BCUT2D eigenvalue weighted by molar-refractivity contribution is 5.98. The summed E-state index contributed by atoms with van der Waals surface area (Å²) in [6.07, 6.45) is 17.5. The van der Waals surface area contributed by atoms with Gasteiger partial charge >= 0.3 is 5.97 Å². The number of unbranched alkanes of at least 4 members (excludes halogenated alkanes) is 6. The van der Waals surface area contributed by atoms with Gasteiger partial charge in [0, 0.05) is 19.2 Å². The third-order valence-corrected chi connectivity index (χ3v) is 15.3. The van der Waals surface area contributed by atoms with E-state index in [0.29, 0.717) is 58.3 Å². The first kappa shape index (κ1) is 50.9. The van der Waals surface area contributed by atoms with Crippen LogP contribution in [-0.2, 0) is 9.63 Å². The van der Waals surface area contributed by atoms with Crippen LogP contribution >= 0.6 is 0 Å². The number of carboxylic acid groups (broad SMARTS) is 1. The van der Waals surface area contributed by atoms with E-state index in [1.54, 1.807) is 29.9 Å². The van der Waals surface area contributed by atoms with Crippen molar-refractivity contribution in [2.24, 2.45) is 35.5 Å². The normalized spacial score (nSPS) is 21.9. The van der Waals surface area contributed by atoms with Gasteiger partial charge in [0.15, 0.2) is 5.69 Å². The summed E-state index contributed by atoms with van der Waals surface area (Å²) in [6, 6.07) is 12.8. The van der Waals surface area contributed by atoms with Crippen LogP contribution in [0.4, 0.5) is 0 Å². The Kier molecular flexibility index (Phi) is 18.1. The second-order valence-corrected chi connectivity index (χ2v) is 20.3. The summed E-state index contributed by atoms with van der Waals surface area (Å²) in [5.74, 6) is 6.41. The van der Waals surface area contributed by atoms with E-state index in [4.69, 9.17) is 25.3 Å². The molecule has 13 nitrogen and oxygen atoms in total. The van der Waals surface area contributed by atoms with Crippen LogP contribution in [0.3, 0.4) is 0 Å². The molecule has 4 saturated carbocycles. The molecule has 66 heavy (non-hydrogen) atoms. The summed E-state index contributed by atoms with van der Waals surface area (Å²) < 4.78 is 13.4.